The lowest BCUT2D eigenvalue weighted by Gasteiger charge is -2.44. The Morgan fingerprint density at radius 1 is 1.14 bits per heavy atom. The quantitative estimate of drug-likeness (QED) is 0.862. The molecule has 29 heavy (non-hydrogen) atoms. The third-order valence-electron chi connectivity index (χ3n) is 5.43. The highest BCUT2D eigenvalue weighted by atomic mass is 19.1. The monoisotopic (exact) mass is 399 g/mol. The lowest BCUT2D eigenvalue weighted by atomic mass is 9.90. The van der Waals surface area contributed by atoms with E-state index in [9.17, 15) is 14.0 Å². The van der Waals surface area contributed by atoms with Gasteiger partial charge in [0.1, 0.15) is 12.4 Å². The summed E-state index contributed by atoms with van der Waals surface area (Å²) in [7, 11) is 3.16. The summed E-state index contributed by atoms with van der Waals surface area (Å²) in [6.07, 6.45) is 0.722. The van der Waals surface area contributed by atoms with Crippen LogP contribution < -0.4 is 14.8 Å². The van der Waals surface area contributed by atoms with E-state index >= 15 is 0 Å². The first-order valence-electron chi connectivity index (χ1n) is 9.36. The third kappa shape index (κ3) is 3.57. The van der Waals surface area contributed by atoms with Gasteiger partial charge in [0.15, 0.2) is 11.5 Å². The molecule has 2 aromatic rings. The molecular weight excluding hydrogens is 377 g/mol. The number of amides is 3. The Morgan fingerprint density at radius 3 is 2.52 bits per heavy atom. The first-order chi connectivity index (χ1) is 14.0. The molecule has 8 heteroatoms. The molecule has 0 spiro atoms. The van der Waals surface area contributed by atoms with Gasteiger partial charge < -0.3 is 24.6 Å². The fourth-order valence-corrected chi connectivity index (χ4v) is 3.94. The van der Waals surface area contributed by atoms with Gasteiger partial charge in [-0.25, -0.2) is 9.18 Å². The van der Waals surface area contributed by atoms with Crippen LogP contribution in [0.1, 0.15) is 17.2 Å². The smallest absolute Gasteiger partial charge is 0.322 e. The SMILES string of the molecule is COc1cc2c(cc1OC)C1CN(C(=O)Nc3ccc(F)cc3)CC(=O)N1CC2. The molecule has 0 saturated carbocycles. The molecule has 0 aliphatic carbocycles. The first kappa shape index (κ1) is 19.0. The third-order valence-corrected chi connectivity index (χ3v) is 5.43. The average molecular weight is 399 g/mol. The second-order valence-electron chi connectivity index (χ2n) is 7.08. The fourth-order valence-electron chi connectivity index (χ4n) is 3.94. The molecule has 152 valence electrons. The number of carbonyl (C=O) groups is 2. The van der Waals surface area contributed by atoms with Crippen LogP contribution in [0.4, 0.5) is 14.9 Å². The number of halogens is 1. The molecule has 1 saturated heterocycles. The first-order valence-corrected chi connectivity index (χ1v) is 9.36. The molecule has 4 rings (SSSR count). The van der Waals surface area contributed by atoms with Crippen molar-refractivity contribution in [2.45, 2.75) is 12.5 Å². The van der Waals surface area contributed by atoms with Crippen LogP contribution in [-0.4, -0.2) is 55.6 Å². The van der Waals surface area contributed by atoms with Crippen molar-refractivity contribution in [2.24, 2.45) is 0 Å². The van der Waals surface area contributed by atoms with E-state index in [4.69, 9.17) is 9.47 Å². The molecule has 1 fully saturated rings. The van der Waals surface area contributed by atoms with Crippen LogP contribution >= 0.6 is 0 Å². The van der Waals surface area contributed by atoms with E-state index in [-0.39, 0.29) is 24.3 Å². The Balaban J connectivity index is 1.59. The van der Waals surface area contributed by atoms with Gasteiger partial charge >= 0.3 is 6.03 Å². The number of hydrogen-bond donors (Lipinski definition) is 1. The molecule has 2 heterocycles. The number of urea groups is 1. The van der Waals surface area contributed by atoms with E-state index in [1.54, 1.807) is 14.2 Å². The molecule has 1 unspecified atom stereocenters. The van der Waals surface area contributed by atoms with Gasteiger partial charge in [-0.05, 0) is 53.9 Å². The number of fused-ring (bicyclic) bond motifs is 3. The van der Waals surface area contributed by atoms with Crippen LogP contribution in [0.3, 0.4) is 0 Å². The summed E-state index contributed by atoms with van der Waals surface area (Å²) in [5, 5.41) is 2.72. The van der Waals surface area contributed by atoms with Crippen molar-refractivity contribution in [3.8, 4) is 11.5 Å². The molecule has 1 atom stereocenters. The van der Waals surface area contributed by atoms with Crippen LogP contribution in [0.15, 0.2) is 36.4 Å². The normalized spacial score (nSPS) is 18.0. The summed E-state index contributed by atoms with van der Waals surface area (Å²) in [5.74, 6) is 0.757. The zero-order chi connectivity index (χ0) is 20.5. The highest BCUT2D eigenvalue weighted by Crippen LogP contribution is 2.39. The van der Waals surface area contributed by atoms with Crippen LogP contribution in [-0.2, 0) is 11.2 Å². The van der Waals surface area contributed by atoms with Crippen molar-refractivity contribution in [3.05, 3.63) is 53.3 Å². The summed E-state index contributed by atoms with van der Waals surface area (Å²) in [6, 6.07) is 8.70. The van der Waals surface area contributed by atoms with E-state index in [1.807, 2.05) is 17.0 Å². The highest BCUT2D eigenvalue weighted by molar-refractivity contribution is 5.93. The predicted octanol–water partition coefficient (Wildman–Crippen LogP) is 2.82. The maximum absolute atomic E-state index is 13.1. The zero-order valence-electron chi connectivity index (χ0n) is 16.3. The fraction of sp³-hybridized carbons (Fsp3) is 0.333. The van der Waals surface area contributed by atoms with Crippen LogP contribution in [0, 0.1) is 5.82 Å². The van der Waals surface area contributed by atoms with Gasteiger partial charge in [0.2, 0.25) is 5.91 Å². The molecule has 2 aliphatic rings. The van der Waals surface area contributed by atoms with Gasteiger partial charge in [-0.15, -0.1) is 0 Å². The zero-order valence-corrected chi connectivity index (χ0v) is 16.3. The number of ether oxygens (including phenoxy) is 2. The molecule has 2 aliphatic heterocycles. The van der Waals surface area contributed by atoms with E-state index in [0.717, 1.165) is 17.5 Å². The lowest BCUT2D eigenvalue weighted by Crippen LogP contribution is -2.56. The Kier molecular flexibility index (Phi) is 5.00. The second-order valence-corrected chi connectivity index (χ2v) is 7.08. The Morgan fingerprint density at radius 2 is 1.83 bits per heavy atom. The lowest BCUT2D eigenvalue weighted by molar-refractivity contribution is -0.139. The number of carbonyl (C=O) groups excluding carboxylic acids is 2. The topological polar surface area (TPSA) is 71.1 Å². The molecular formula is C21H22FN3O4. The molecule has 3 amide bonds. The second kappa shape index (κ2) is 7.62. The summed E-state index contributed by atoms with van der Waals surface area (Å²) in [6.45, 7) is 0.965. The van der Waals surface area contributed by atoms with Crippen LogP contribution in [0.2, 0.25) is 0 Å². The van der Waals surface area contributed by atoms with Gasteiger partial charge in [0.05, 0.1) is 20.3 Å². The van der Waals surface area contributed by atoms with Gasteiger partial charge in [0.25, 0.3) is 0 Å². The predicted molar refractivity (Wildman–Crippen MR) is 105 cm³/mol. The van der Waals surface area contributed by atoms with Crippen molar-refractivity contribution in [1.29, 1.82) is 0 Å². The number of anilines is 1. The van der Waals surface area contributed by atoms with Crippen molar-refractivity contribution in [2.75, 3.05) is 39.2 Å². The minimum Gasteiger partial charge on any atom is -0.493 e. The van der Waals surface area contributed by atoms with Crippen molar-refractivity contribution >= 4 is 17.6 Å². The average Bonchev–Trinajstić information content (AvgIpc) is 2.73. The molecule has 2 aromatic carbocycles. The van der Waals surface area contributed by atoms with Crippen molar-refractivity contribution < 1.29 is 23.5 Å². The standard InChI is InChI=1S/C21H22FN3O4/c1-28-18-9-13-7-8-25-17(16(13)10-19(18)29-2)11-24(12-20(25)26)21(27)23-15-5-3-14(22)4-6-15/h3-6,9-10,17H,7-8,11-12H2,1-2H3,(H,23,27). The number of nitrogens with zero attached hydrogens (tertiary/aromatic N) is 2. The van der Waals surface area contributed by atoms with Gasteiger partial charge in [-0.3, -0.25) is 4.79 Å². The number of methoxy groups -OCH3 is 2. The maximum atomic E-state index is 13.1. The Hall–Kier alpha value is -3.29. The molecule has 0 aromatic heterocycles. The van der Waals surface area contributed by atoms with Gasteiger partial charge in [-0.1, -0.05) is 0 Å². The number of benzene rings is 2. The van der Waals surface area contributed by atoms with E-state index < -0.39 is 6.03 Å². The summed E-state index contributed by atoms with van der Waals surface area (Å²) in [5.41, 5.74) is 2.51. The van der Waals surface area contributed by atoms with Crippen LogP contribution in [0.5, 0.6) is 11.5 Å². The Labute approximate surface area is 168 Å². The summed E-state index contributed by atoms with van der Waals surface area (Å²) >= 11 is 0. The highest BCUT2D eigenvalue weighted by Gasteiger charge is 2.39. The largest absolute Gasteiger partial charge is 0.493 e. The van der Waals surface area contributed by atoms with E-state index in [0.29, 0.717) is 30.3 Å². The van der Waals surface area contributed by atoms with Gasteiger partial charge in [-0.2, -0.15) is 0 Å². The van der Waals surface area contributed by atoms with E-state index in [1.165, 1.54) is 29.2 Å². The number of hydrogen-bond acceptors (Lipinski definition) is 4. The minimum absolute atomic E-state index is 0.00610. The Bertz CT molecular complexity index is 948. The van der Waals surface area contributed by atoms with Crippen LogP contribution in [0.25, 0.3) is 0 Å². The summed E-state index contributed by atoms with van der Waals surface area (Å²) < 4.78 is 23.9. The van der Waals surface area contributed by atoms with Gasteiger partial charge in [0, 0.05) is 18.8 Å². The molecule has 1 N–H and O–H groups in total. The number of piperazine rings is 1. The van der Waals surface area contributed by atoms with Crippen molar-refractivity contribution in [3.63, 3.8) is 0 Å². The molecule has 7 nitrogen and oxygen atoms in total. The molecule has 0 bridgehead atoms. The number of rotatable bonds is 3. The minimum atomic E-state index is -0.391. The number of nitrogens with one attached hydrogen (secondary N) is 1. The van der Waals surface area contributed by atoms with Crippen molar-refractivity contribution in [1.82, 2.24) is 9.80 Å². The maximum Gasteiger partial charge on any atom is 0.322 e. The van der Waals surface area contributed by atoms with E-state index in [2.05, 4.69) is 5.32 Å². The summed E-state index contributed by atoms with van der Waals surface area (Å²) in [4.78, 5) is 28.7. The molecule has 0 radical (unpaired) electrons.